The number of aliphatic carboxylic acids is 1. The van der Waals surface area contributed by atoms with Crippen LogP contribution in [0.4, 0.5) is 0 Å². The van der Waals surface area contributed by atoms with Crippen LogP contribution in [-0.2, 0) is 9.59 Å². The monoisotopic (exact) mass is 289 g/mol. The smallest absolute Gasteiger partial charge is 0.303 e. The number of carboxylic acid groups (broad SMARTS) is 1. The zero-order valence-corrected chi connectivity index (χ0v) is 12.8. The van der Waals surface area contributed by atoms with Gasteiger partial charge in [-0.25, -0.2) is 0 Å². The lowest BCUT2D eigenvalue weighted by atomic mass is 9.97. The number of aryl methyl sites for hydroxylation is 1. The van der Waals surface area contributed by atoms with Crippen molar-refractivity contribution in [3.05, 3.63) is 35.4 Å². The van der Waals surface area contributed by atoms with Gasteiger partial charge in [0.1, 0.15) is 0 Å². The van der Waals surface area contributed by atoms with Gasteiger partial charge >= 0.3 is 5.97 Å². The molecule has 0 saturated heterocycles. The number of carbonyl (C=O) groups excluding carboxylic acids is 1. The van der Waals surface area contributed by atoms with Crippen LogP contribution >= 0.6 is 0 Å². The molecule has 1 aliphatic carbocycles. The number of carbonyl (C=O) groups is 2. The molecule has 4 nitrogen and oxygen atoms in total. The van der Waals surface area contributed by atoms with Gasteiger partial charge < -0.3 is 10.4 Å². The standard InChI is InChI=1S/C17H23NO3/c1-11-6-4-5-7-12(11)13-10-14(13)16(21)18-17(2,3)9-8-15(19)20/h4-7,13-14H,8-10H2,1-3H3,(H,18,21)(H,19,20). The summed E-state index contributed by atoms with van der Waals surface area (Å²) in [6, 6.07) is 8.17. The van der Waals surface area contributed by atoms with Gasteiger partial charge in [0.2, 0.25) is 5.91 Å². The van der Waals surface area contributed by atoms with E-state index in [1.54, 1.807) is 0 Å². The molecule has 2 atom stereocenters. The van der Waals surface area contributed by atoms with Crippen LogP contribution in [0.25, 0.3) is 0 Å². The molecule has 1 amide bonds. The first-order valence-corrected chi connectivity index (χ1v) is 7.39. The highest BCUT2D eigenvalue weighted by Gasteiger charge is 2.45. The molecule has 21 heavy (non-hydrogen) atoms. The Morgan fingerprint density at radius 2 is 2.00 bits per heavy atom. The Morgan fingerprint density at radius 1 is 1.33 bits per heavy atom. The van der Waals surface area contributed by atoms with E-state index in [0.29, 0.717) is 12.3 Å². The van der Waals surface area contributed by atoms with Gasteiger partial charge in [0.05, 0.1) is 0 Å². The first-order chi connectivity index (χ1) is 9.80. The zero-order chi connectivity index (χ0) is 15.6. The fraction of sp³-hybridized carbons (Fsp3) is 0.529. The third-order valence-electron chi connectivity index (χ3n) is 4.14. The van der Waals surface area contributed by atoms with Crippen molar-refractivity contribution in [3.63, 3.8) is 0 Å². The number of hydrogen-bond acceptors (Lipinski definition) is 2. The van der Waals surface area contributed by atoms with Gasteiger partial charge in [-0.2, -0.15) is 0 Å². The van der Waals surface area contributed by atoms with E-state index in [2.05, 4.69) is 24.4 Å². The van der Waals surface area contributed by atoms with Crippen LogP contribution < -0.4 is 5.32 Å². The van der Waals surface area contributed by atoms with Gasteiger partial charge in [-0.1, -0.05) is 24.3 Å². The van der Waals surface area contributed by atoms with Crippen molar-refractivity contribution in [2.45, 2.75) is 51.5 Å². The second-order valence-corrected chi connectivity index (χ2v) is 6.57. The van der Waals surface area contributed by atoms with Crippen molar-refractivity contribution in [1.29, 1.82) is 0 Å². The number of hydrogen-bond donors (Lipinski definition) is 2. The van der Waals surface area contributed by atoms with Crippen LogP contribution in [0.15, 0.2) is 24.3 Å². The van der Waals surface area contributed by atoms with Crippen LogP contribution in [-0.4, -0.2) is 22.5 Å². The summed E-state index contributed by atoms with van der Waals surface area (Å²) in [5.74, 6) is -0.461. The lowest BCUT2D eigenvalue weighted by molar-refractivity contribution is -0.138. The number of rotatable bonds is 6. The Labute approximate surface area is 125 Å². The Kier molecular flexibility index (Phi) is 4.35. The maximum atomic E-state index is 12.3. The molecule has 114 valence electrons. The Balaban J connectivity index is 1.91. The summed E-state index contributed by atoms with van der Waals surface area (Å²) in [6.45, 7) is 5.82. The fourth-order valence-electron chi connectivity index (χ4n) is 2.74. The molecule has 0 spiro atoms. The molecule has 1 fully saturated rings. The van der Waals surface area contributed by atoms with E-state index in [-0.39, 0.29) is 18.2 Å². The van der Waals surface area contributed by atoms with Gasteiger partial charge in [-0.05, 0) is 50.7 Å². The molecule has 1 saturated carbocycles. The highest BCUT2D eigenvalue weighted by molar-refractivity contribution is 5.83. The molecule has 2 unspecified atom stereocenters. The highest BCUT2D eigenvalue weighted by Crippen LogP contribution is 2.48. The van der Waals surface area contributed by atoms with E-state index in [1.165, 1.54) is 11.1 Å². The molecule has 0 heterocycles. The first-order valence-electron chi connectivity index (χ1n) is 7.39. The van der Waals surface area contributed by atoms with Crippen molar-refractivity contribution in [3.8, 4) is 0 Å². The van der Waals surface area contributed by atoms with Crippen LogP contribution in [0.2, 0.25) is 0 Å². The largest absolute Gasteiger partial charge is 0.481 e. The number of nitrogens with one attached hydrogen (secondary N) is 1. The number of carboxylic acids is 1. The minimum absolute atomic E-state index is 0.0233. The highest BCUT2D eigenvalue weighted by atomic mass is 16.4. The second-order valence-electron chi connectivity index (χ2n) is 6.57. The topological polar surface area (TPSA) is 66.4 Å². The summed E-state index contributed by atoms with van der Waals surface area (Å²) in [5, 5.41) is 11.7. The van der Waals surface area contributed by atoms with Gasteiger partial charge in [-0.3, -0.25) is 9.59 Å². The van der Waals surface area contributed by atoms with Gasteiger partial charge in [-0.15, -0.1) is 0 Å². The van der Waals surface area contributed by atoms with E-state index in [4.69, 9.17) is 5.11 Å². The van der Waals surface area contributed by atoms with E-state index in [0.717, 1.165) is 6.42 Å². The lowest BCUT2D eigenvalue weighted by Gasteiger charge is -2.25. The normalized spacial score (nSPS) is 20.9. The van der Waals surface area contributed by atoms with Crippen molar-refractivity contribution in [1.82, 2.24) is 5.32 Å². The van der Waals surface area contributed by atoms with Crippen molar-refractivity contribution in [2.75, 3.05) is 0 Å². The average molecular weight is 289 g/mol. The maximum absolute atomic E-state index is 12.3. The van der Waals surface area contributed by atoms with Gasteiger partial charge in [0.15, 0.2) is 0 Å². The SMILES string of the molecule is Cc1ccccc1C1CC1C(=O)NC(C)(C)CCC(=O)O. The third kappa shape index (κ3) is 4.06. The Hall–Kier alpha value is -1.84. The minimum atomic E-state index is -0.832. The summed E-state index contributed by atoms with van der Waals surface area (Å²) in [7, 11) is 0. The van der Waals surface area contributed by atoms with E-state index in [9.17, 15) is 9.59 Å². The van der Waals surface area contributed by atoms with Crippen LogP contribution in [0.1, 0.15) is 50.2 Å². The van der Waals surface area contributed by atoms with Crippen LogP contribution in [0.3, 0.4) is 0 Å². The van der Waals surface area contributed by atoms with E-state index in [1.807, 2.05) is 26.0 Å². The molecular formula is C17H23NO3. The maximum Gasteiger partial charge on any atom is 0.303 e. The van der Waals surface area contributed by atoms with Gasteiger partial charge in [0.25, 0.3) is 0 Å². The average Bonchev–Trinajstić information content (AvgIpc) is 3.17. The summed E-state index contributed by atoms with van der Waals surface area (Å²) < 4.78 is 0. The van der Waals surface area contributed by atoms with Crippen LogP contribution in [0, 0.1) is 12.8 Å². The fourth-order valence-corrected chi connectivity index (χ4v) is 2.74. The summed E-state index contributed by atoms with van der Waals surface area (Å²) in [5.41, 5.74) is 2.00. The Morgan fingerprint density at radius 3 is 2.62 bits per heavy atom. The second kappa shape index (κ2) is 5.88. The minimum Gasteiger partial charge on any atom is -0.481 e. The molecular weight excluding hydrogens is 266 g/mol. The summed E-state index contributed by atoms with van der Waals surface area (Å²) in [4.78, 5) is 22.9. The van der Waals surface area contributed by atoms with Crippen LogP contribution in [0.5, 0.6) is 0 Å². The van der Waals surface area contributed by atoms with Crippen molar-refractivity contribution >= 4 is 11.9 Å². The summed E-state index contributed by atoms with van der Waals surface area (Å²) >= 11 is 0. The number of benzene rings is 1. The number of amides is 1. The molecule has 0 bridgehead atoms. The predicted octanol–water partition coefficient (Wildman–Crippen LogP) is 2.86. The Bertz CT molecular complexity index is 551. The van der Waals surface area contributed by atoms with Crippen molar-refractivity contribution < 1.29 is 14.7 Å². The third-order valence-corrected chi connectivity index (χ3v) is 4.14. The molecule has 2 N–H and O–H groups in total. The quantitative estimate of drug-likeness (QED) is 0.846. The molecule has 1 aromatic rings. The molecule has 0 aliphatic heterocycles. The molecule has 0 aromatic heterocycles. The zero-order valence-electron chi connectivity index (χ0n) is 12.8. The predicted molar refractivity (Wildman–Crippen MR) is 81.1 cm³/mol. The van der Waals surface area contributed by atoms with E-state index < -0.39 is 11.5 Å². The first kappa shape index (κ1) is 15.5. The molecule has 2 rings (SSSR count). The van der Waals surface area contributed by atoms with Gasteiger partial charge in [0, 0.05) is 17.9 Å². The molecule has 0 radical (unpaired) electrons. The molecule has 4 heteroatoms. The summed E-state index contributed by atoms with van der Waals surface area (Å²) in [6.07, 6.45) is 1.39. The molecule has 1 aliphatic rings. The van der Waals surface area contributed by atoms with E-state index >= 15 is 0 Å². The molecule has 1 aromatic carbocycles. The van der Waals surface area contributed by atoms with Crippen molar-refractivity contribution in [2.24, 2.45) is 5.92 Å². The lowest BCUT2D eigenvalue weighted by Crippen LogP contribution is -2.44.